The molecule has 1 aromatic rings. The standard InChI is InChI=1S/C16H20O4/c1-20-13-9-12(16(15(18)19)7-4-8-16)14(17)11-6-3-2-5-10(11)13/h9,17H,2-8H2,1H3,(H,18,19). The van der Waals surface area contributed by atoms with E-state index >= 15 is 0 Å². The van der Waals surface area contributed by atoms with Crippen LogP contribution in [0.5, 0.6) is 11.5 Å². The molecule has 0 bridgehead atoms. The Hall–Kier alpha value is -1.71. The lowest BCUT2D eigenvalue weighted by Gasteiger charge is -2.39. The summed E-state index contributed by atoms with van der Waals surface area (Å²) in [7, 11) is 1.61. The van der Waals surface area contributed by atoms with E-state index in [1.54, 1.807) is 13.2 Å². The number of aromatic hydroxyl groups is 1. The maximum atomic E-state index is 11.7. The second-order valence-electron chi connectivity index (χ2n) is 5.88. The molecule has 0 aromatic heterocycles. The zero-order valence-corrected chi connectivity index (χ0v) is 11.7. The molecule has 2 N–H and O–H groups in total. The molecular formula is C16H20O4. The summed E-state index contributed by atoms with van der Waals surface area (Å²) in [4.78, 5) is 11.7. The number of carboxylic acid groups (broad SMARTS) is 1. The summed E-state index contributed by atoms with van der Waals surface area (Å²) in [6.07, 6.45) is 5.91. The zero-order valence-electron chi connectivity index (χ0n) is 11.7. The molecule has 2 aliphatic carbocycles. The van der Waals surface area contributed by atoms with Crippen LogP contribution in [-0.2, 0) is 23.1 Å². The first kappa shape index (κ1) is 13.3. The number of carbonyl (C=O) groups is 1. The number of hydrogen-bond acceptors (Lipinski definition) is 3. The highest BCUT2D eigenvalue weighted by molar-refractivity contribution is 5.84. The Morgan fingerprint density at radius 3 is 2.35 bits per heavy atom. The zero-order chi connectivity index (χ0) is 14.3. The number of rotatable bonds is 3. The SMILES string of the molecule is COc1cc(C2(C(=O)O)CCC2)c(O)c2c1CCCC2. The van der Waals surface area contributed by atoms with E-state index in [1.165, 1.54) is 0 Å². The van der Waals surface area contributed by atoms with Crippen molar-refractivity contribution in [3.8, 4) is 11.5 Å². The van der Waals surface area contributed by atoms with Crippen molar-refractivity contribution in [3.63, 3.8) is 0 Å². The van der Waals surface area contributed by atoms with Crippen molar-refractivity contribution in [2.45, 2.75) is 50.4 Å². The maximum absolute atomic E-state index is 11.7. The van der Waals surface area contributed by atoms with Gasteiger partial charge in [-0.2, -0.15) is 0 Å². The van der Waals surface area contributed by atoms with Crippen molar-refractivity contribution >= 4 is 5.97 Å². The van der Waals surface area contributed by atoms with Gasteiger partial charge in [0.15, 0.2) is 0 Å². The van der Waals surface area contributed by atoms with Crippen LogP contribution in [0.3, 0.4) is 0 Å². The monoisotopic (exact) mass is 276 g/mol. The number of phenolic OH excluding ortho intramolecular Hbond substituents is 1. The Balaban J connectivity index is 2.19. The number of ether oxygens (including phenoxy) is 1. The summed E-state index contributed by atoms with van der Waals surface area (Å²) >= 11 is 0. The summed E-state index contributed by atoms with van der Waals surface area (Å²) in [6, 6.07) is 1.76. The lowest BCUT2D eigenvalue weighted by molar-refractivity contribution is -0.147. The largest absolute Gasteiger partial charge is 0.507 e. The van der Waals surface area contributed by atoms with Gasteiger partial charge in [0.1, 0.15) is 11.5 Å². The van der Waals surface area contributed by atoms with E-state index in [0.29, 0.717) is 18.4 Å². The Morgan fingerprint density at radius 1 is 1.20 bits per heavy atom. The lowest BCUT2D eigenvalue weighted by atomic mass is 9.63. The summed E-state index contributed by atoms with van der Waals surface area (Å²) < 4.78 is 5.45. The maximum Gasteiger partial charge on any atom is 0.314 e. The second-order valence-corrected chi connectivity index (χ2v) is 5.88. The van der Waals surface area contributed by atoms with E-state index in [0.717, 1.165) is 49.0 Å². The molecule has 108 valence electrons. The van der Waals surface area contributed by atoms with Crippen LogP contribution in [0.25, 0.3) is 0 Å². The van der Waals surface area contributed by atoms with Gasteiger partial charge in [-0.3, -0.25) is 4.79 Å². The highest BCUT2D eigenvalue weighted by Gasteiger charge is 2.48. The highest BCUT2D eigenvalue weighted by Crippen LogP contribution is 2.51. The third-order valence-electron chi connectivity index (χ3n) is 4.93. The molecule has 0 heterocycles. The van der Waals surface area contributed by atoms with Crippen LogP contribution in [0.2, 0.25) is 0 Å². The minimum absolute atomic E-state index is 0.197. The van der Waals surface area contributed by atoms with E-state index in [9.17, 15) is 15.0 Å². The molecule has 1 fully saturated rings. The molecule has 0 radical (unpaired) electrons. The Labute approximate surface area is 118 Å². The molecule has 0 aliphatic heterocycles. The molecule has 0 spiro atoms. The van der Waals surface area contributed by atoms with Gasteiger partial charge in [-0.15, -0.1) is 0 Å². The molecule has 4 heteroatoms. The highest BCUT2D eigenvalue weighted by atomic mass is 16.5. The van der Waals surface area contributed by atoms with Crippen molar-refractivity contribution in [2.75, 3.05) is 7.11 Å². The third kappa shape index (κ3) is 1.70. The van der Waals surface area contributed by atoms with Gasteiger partial charge < -0.3 is 14.9 Å². The second kappa shape index (κ2) is 4.69. The number of carboxylic acids is 1. The molecule has 0 unspecified atom stereocenters. The van der Waals surface area contributed by atoms with Crippen LogP contribution >= 0.6 is 0 Å². The number of phenols is 1. The van der Waals surface area contributed by atoms with Crippen molar-refractivity contribution in [3.05, 3.63) is 22.8 Å². The predicted molar refractivity (Wildman–Crippen MR) is 74.5 cm³/mol. The van der Waals surface area contributed by atoms with Crippen LogP contribution in [0.4, 0.5) is 0 Å². The van der Waals surface area contributed by atoms with Crippen molar-refractivity contribution in [1.82, 2.24) is 0 Å². The fourth-order valence-electron chi connectivity index (χ4n) is 3.56. The first-order valence-electron chi connectivity index (χ1n) is 7.26. The topological polar surface area (TPSA) is 66.8 Å². The first-order valence-corrected chi connectivity index (χ1v) is 7.26. The summed E-state index contributed by atoms with van der Waals surface area (Å²) in [5, 5.41) is 20.2. The van der Waals surface area contributed by atoms with E-state index in [-0.39, 0.29) is 5.75 Å². The molecule has 1 aromatic carbocycles. The number of hydrogen-bond donors (Lipinski definition) is 2. The van der Waals surface area contributed by atoms with Crippen molar-refractivity contribution < 1.29 is 19.7 Å². The molecule has 0 saturated heterocycles. The molecule has 20 heavy (non-hydrogen) atoms. The van der Waals surface area contributed by atoms with E-state index < -0.39 is 11.4 Å². The summed E-state index contributed by atoms with van der Waals surface area (Å²) in [6.45, 7) is 0. The van der Waals surface area contributed by atoms with E-state index in [4.69, 9.17) is 4.74 Å². The predicted octanol–water partition coefficient (Wildman–Crippen LogP) is 2.79. The van der Waals surface area contributed by atoms with Crippen LogP contribution in [-0.4, -0.2) is 23.3 Å². The average molecular weight is 276 g/mol. The van der Waals surface area contributed by atoms with Gasteiger partial charge in [0.25, 0.3) is 0 Å². The molecule has 2 aliphatic rings. The van der Waals surface area contributed by atoms with Gasteiger partial charge >= 0.3 is 5.97 Å². The molecule has 0 amide bonds. The Bertz CT molecular complexity index is 558. The Morgan fingerprint density at radius 2 is 1.85 bits per heavy atom. The quantitative estimate of drug-likeness (QED) is 0.891. The fraction of sp³-hybridized carbons (Fsp3) is 0.562. The van der Waals surface area contributed by atoms with Crippen LogP contribution in [0.15, 0.2) is 6.07 Å². The minimum Gasteiger partial charge on any atom is -0.507 e. The van der Waals surface area contributed by atoms with E-state index in [1.807, 2.05) is 0 Å². The van der Waals surface area contributed by atoms with Gasteiger partial charge in [-0.1, -0.05) is 6.42 Å². The smallest absolute Gasteiger partial charge is 0.314 e. The Kier molecular flexibility index (Phi) is 3.11. The molecule has 1 saturated carbocycles. The fourth-order valence-corrected chi connectivity index (χ4v) is 3.56. The normalized spacial score (nSPS) is 19.9. The van der Waals surface area contributed by atoms with Gasteiger partial charge in [-0.05, 0) is 44.6 Å². The first-order chi connectivity index (χ1) is 9.60. The molecule has 4 nitrogen and oxygen atoms in total. The number of benzene rings is 1. The van der Waals surface area contributed by atoms with Gasteiger partial charge in [0, 0.05) is 16.7 Å². The van der Waals surface area contributed by atoms with Crippen LogP contribution in [0, 0.1) is 0 Å². The van der Waals surface area contributed by atoms with Gasteiger partial charge in [0.05, 0.1) is 12.5 Å². The van der Waals surface area contributed by atoms with Crippen LogP contribution in [0.1, 0.15) is 48.8 Å². The summed E-state index contributed by atoms with van der Waals surface area (Å²) in [5.41, 5.74) is 1.59. The lowest BCUT2D eigenvalue weighted by Crippen LogP contribution is -2.42. The minimum atomic E-state index is -0.913. The number of fused-ring (bicyclic) bond motifs is 1. The van der Waals surface area contributed by atoms with E-state index in [2.05, 4.69) is 0 Å². The average Bonchev–Trinajstić information content (AvgIpc) is 2.40. The molecule has 0 atom stereocenters. The number of aliphatic carboxylic acids is 1. The molecule has 3 rings (SSSR count). The summed E-state index contributed by atoms with van der Waals surface area (Å²) in [5.74, 6) is 0.0967. The van der Waals surface area contributed by atoms with Gasteiger partial charge in [-0.25, -0.2) is 0 Å². The third-order valence-corrected chi connectivity index (χ3v) is 4.93. The number of methoxy groups -OCH3 is 1. The van der Waals surface area contributed by atoms with Crippen molar-refractivity contribution in [2.24, 2.45) is 0 Å². The van der Waals surface area contributed by atoms with Gasteiger partial charge in [0.2, 0.25) is 0 Å². The van der Waals surface area contributed by atoms with Crippen LogP contribution < -0.4 is 4.74 Å². The van der Waals surface area contributed by atoms with Crippen molar-refractivity contribution in [1.29, 1.82) is 0 Å². The molecular weight excluding hydrogens is 256 g/mol.